The van der Waals surface area contributed by atoms with Crippen LogP contribution in [0.3, 0.4) is 0 Å². The van der Waals surface area contributed by atoms with Crippen molar-refractivity contribution in [1.82, 2.24) is 40.4 Å². The number of carbonyl (C=O) groups excluding carboxylic acids is 2. The normalized spacial score (nSPS) is 19.5. The van der Waals surface area contributed by atoms with Gasteiger partial charge in [0.05, 0.1) is 25.4 Å². The van der Waals surface area contributed by atoms with Crippen LogP contribution in [0.1, 0.15) is 58.7 Å². The van der Waals surface area contributed by atoms with Gasteiger partial charge in [-0.2, -0.15) is 0 Å². The van der Waals surface area contributed by atoms with Crippen molar-refractivity contribution in [2.75, 3.05) is 25.0 Å². The molecule has 0 aliphatic carbocycles. The van der Waals surface area contributed by atoms with E-state index in [1.54, 1.807) is 6.92 Å². The number of nitrogens with zero attached hydrogens (tertiary/aromatic N) is 5. The first-order valence-corrected chi connectivity index (χ1v) is 16.6. The number of carbonyl (C=O) groups is 2. The number of rotatable bonds is 14. The van der Waals surface area contributed by atoms with Crippen LogP contribution in [0.25, 0.3) is 21.9 Å². The van der Waals surface area contributed by atoms with Crippen molar-refractivity contribution in [3.05, 3.63) is 60.2 Å². The average Bonchev–Trinajstić information content (AvgIpc) is 3.60. The van der Waals surface area contributed by atoms with Crippen molar-refractivity contribution in [2.24, 2.45) is 0 Å². The van der Waals surface area contributed by atoms with Crippen molar-refractivity contribution < 1.29 is 24.5 Å². The van der Waals surface area contributed by atoms with E-state index in [-0.39, 0.29) is 24.9 Å². The number of imidazole rings is 1. The Balaban J connectivity index is 1.38. The lowest BCUT2D eigenvalue weighted by Crippen LogP contribution is -2.44. The smallest absolute Gasteiger partial charge is 0.315 e. The minimum absolute atomic E-state index is 0.0183. The largest absolute Gasteiger partial charge is 0.388 e. The lowest BCUT2D eigenvalue weighted by molar-refractivity contribution is -0.125. The lowest BCUT2D eigenvalue weighted by atomic mass is 10.0. The van der Waals surface area contributed by atoms with Crippen LogP contribution < -0.4 is 21.3 Å². The number of urea groups is 1. The molecular formula is C34H47N9O5. The molecular weight excluding hydrogens is 614 g/mol. The summed E-state index contributed by atoms with van der Waals surface area (Å²) in [6, 6.07) is 14.6. The Morgan fingerprint density at radius 1 is 0.958 bits per heavy atom. The van der Waals surface area contributed by atoms with Gasteiger partial charge in [0, 0.05) is 38.3 Å². The van der Waals surface area contributed by atoms with Gasteiger partial charge in [0.2, 0.25) is 5.91 Å². The van der Waals surface area contributed by atoms with E-state index < -0.39 is 24.5 Å². The fourth-order valence-electron chi connectivity index (χ4n) is 6.19. The van der Waals surface area contributed by atoms with E-state index in [1.165, 1.54) is 10.9 Å². The number of aromatic nitrogens is 4. The number of nitrogens with one attached hydrogen (secondary N) is 4. The molecule has 2 aromatic heterocycles. The van der Waals surface area contributed by atoms with Crippen LogP contribution in [0.4, 0.5) is 10.6 Å². The van der Waals surface area contributed by atoms with Crippen molar-refractivity contribution in [1.29, 1.82) is 0 Å². The van der Waals surface area contributed by atoms with Gasteiger partial charge in [-0.15, -0.1) is 0 Å². The second-order valence-corrected chi connectivity index (χ2v) is 12.5. The fraction of sp³-hybridized carbons (Fsp3) is 0.500. The van der Waals surface area contributed by atoms with E-state index in [2.05, 4.69) is 77.0 Å². The molecule has 6 N–H and O–H groups in total. The summed E-state index contributed by atoms with van der Waals surface area (Å²) in [6.07, 6.45) is -3.26. The molecule has 48 heavy (non-hydrogen) atoms. The Labute approximate surface area is 280 Å². The molecule has 1 aliphatic rings. The summed E-state index contributed by atoms with van der Waals surface area (Å²) in [6.45, 7) is 12.4. The molecule has 0 radical (unpaired) electrons. The predicted octanol–water partition coefficient (Wildman–Crippen LogP) is 2.66. The quantitative estimate of drug-likeness (QED) is 0.118. The Kier molecular flexibility index (Phi) is 11.4. The van der Waals surface area contributed by atoms with Crippen molar-refractivity contribution in [3.8, 4) is 0 Å². The Hall–Kier alpha value is -4.37. The monoisotopic (exact) mass is 661 g/mol. The molecule has 5 rings (SSSR count). The van der Waals surface area contributed by atoms with Gasteiger partial charge >= 0.3 is 6.03 Å². The second kappa shape index (κ2) is 15.7. The van der Waals surface area contributed by atoms with Gasteiger partial charge in [-0.25, -0.2) is 19.7 Å². The molecule has 1 aliphatic heterocycles. The zero-order chi connectivity index (χ0) is 34.4. The van der Waals surface area contributed by atoms with E-state index in [0.717, 1.165) is 16.3 Å². The number of hydrogen-bond acceptors (Lipinski definition) is 10. The first-order valence-electron chi connectivity index (χ1n) is 16.6. The molecule has 0 unspecified atom stereocenters. The molecule has 3 heterocycles. The number of benzene rings is 2. The minimum atomic E-state index is -1.34. The summed E-state index contributed by atoms with van der Waals surface area (Å²) in [5, 5.41) is 35.8. The summed E-state index contributed by atoms with van der Waals surface area (Å²) in [5.74, 6) is 0.443. The molecule has 14 nitrogen and oxygen atoms in total. The minimum Gasteiger partial charge on any atom is -0.388 e. The Bertz CT molecular complexity index is 1700. The summed E-state index contributed by atoms with van der Waals surface area (Å²) >= 11 is 0. The zero-order valence-electron chi connectivity index (χ0n) is 28.2. The van der Waals surface area contributed by atoms with Gasteiger partial charge < -0.3 is 36.2 Å². The maximum Gasteiger partial charge on any atom is 0.315 e. The number of ether oxygens (including phenoxy) is 1. The lowest BCUT2D eigenvalue weighted by Gasteiger charge is -2.30. The highest BCUT2D eigenvalue weighted by molar-refractivity contribution is 5.87. The molecule has 3 amide bonds. The van der Waals surface area contributed by atoms with Gasteiger partial charge in [-0.3, -0.25) is 14.3 Å². The predicted molar refractivity (Wildman–Crippen MR) is 183 cm³/mol. The molecule has 0 saturated carbocycles. The SMILES string of the molecule is CCNC(=O)C[C@@H]1O[C@@H](n2cnc3c(NCc4cccc5ccccc45)nc(CNC(=O)NCCN(C(C)C)C(C)C)nc32)[C@H](O)[C@@H]1O. The van der Waals surface area contributed by atoms with E-state index >= 15 is 0 Å². The van der Waals surface area contributed by atoms with Crippen LogP contribution in [0.5, 0.6) is 0 Å². The van der Waals surface area contributed by atoms with E-state index in [4.69, 9.17) is 14.7 Å². The van der Waals surface area contributed by atoms with E-state index in [0.29, 0.717) is 61.1 Å². The zero-order valence-corrected chi connectivity index (χ0v) is 28.2. The van der Waals surface area contributed by atoms with E-state index in [9.17, 15) is 19.8 Å². The Morgan fingerprint density at radius 2 is 1.71 bits per heavy atom. The van der Waals surface area contributed by atoms with E-state index in [1.807, 2.05) is 24.3 Å². The molecule has 1 fully saturated rings. The topological polar surface area (TPSA) is 179 Å². The first-order chi connectivity index (χ1) is 23.1. The highest BCUT2D eigenvalue weighted by Crippen LogP contribution is 2.34. The number of hydrogen-bond donors (Lipinski definition) is 6. The van der Waals surface area contributed by atoms with Crippen molar-refractivity contribution >= 4 is 39.7 Å². The van der Waals surface area contributed by atoms with Crippen LogP contribution in [-0.4, -0.2) is 96.6 Å². The third kappa shape index (κ3) is 8.01. The van der Waals surface area contributed by atoms with Crippen molar-refractivity contribution in [3.63, 3.8) is 0 Å². The maximum atomic E-state index is 12.8. The summed E-state index contributed by atoms with van der Waals surface area (Å²) in [5.41, 5.74) is 1.81. The molecule has 4 aromatic rings. The maximum absolute atomic E-state index is 12.8. The Morgan fingerprint density at radius 3 is 2.46 bits per heavy atom. The third-order valence-electron chi connectivity index (χ3n) is 8.56. The molecule has 0 spiro atoms. The van der Waals surface area contributed by atoms with Crippen molar-refractivity contribution in [2.45, 2.75) is 90.8 Å². The van der Waals surface area contributed by atoms with Crippen LogP contribution >= 0.6 is 0 Å². The van der Waals surface area contributed by atoms with Crippen LogP contribution in [0.2, 0.25) is 0 Å². The molecule has 4 atom stereocenters. The second-order valence-electron chi connectivity index (χ2n) is 12.5. The number of fused-ring (bicyclic) bond motifs is 2. The summed E-state index contributed by atoms with van der Waals surface area (Å²) in [4.78, 5) is 41.2. The highest BCUT2D eigenvalue weighted by atomic mass is 16.6. The van der Waals surface area contributed by atoms with Gasteiger partial charge in [0.1, 0.15) is 12.2 Å². The number of aliphatic hydroxyl groups excluding tert-OH is 2. The molecule has 14 heteroatoms. The fourth-order valence-corrected chi connectivity index (χ4v) is 6.19. The average molecular weight is 662 g/mol. The van der Waals surface area contributed by atoms with Gasteiger partial charge in [0.15, 0.2) is 29.0 Å². The van der Waals surface area contributed by atoms with Crippen LogP contribution in [0, 0.1) is 0 Å². The summed E-state index contributed by atoms with van der Waals surface area (Å²) in [7, 11) is 0. The summed E-state index contributed by atoms with van der Waals surface area (Å²) < 4.78 is 7.53. The number of aliphatic hydroxyl groups is 2. The first kappa shape index (κ1) is 35.0. The van der Waals surface area contributed by atoms with Gasteiger partial charge in [-0.1, -0.05) is 42.5 Å². The number of anilines is 1. The van der Waals surface area contributed by atoms with Gasteiger partial charge in [0.25, 0.3) is 0 Å². The third-order valence-corrected chi connectivity index (χ3v) is 8.56. The molecule has 0 bridgehead atoms. The number of amides is 3. The standard InChI is InChI=1S/C34H47N9O5/c1-6-35-27(44)16-25-29(45)30(46)33(48-25)43-19-39-28-31(37-17-23-12-9-11-22-10-7-8-13-24(22)23)40-26(41-32(28)43)18-38-34(47)36-14-15-42(20(2)3)21(4)5/h7-13,19-21,25,29-30,33,45-46H,6,14-18H2,1-5H3,(H,35,44)(H2,36,38,47)(H,37,40,41)/t25-,29+,30+,33+/m0/s1. The van der Waals surface area contributed by atoms with Crippen LogP contribution in [-0.2, 0) is 22.6 Å². The highest BCUT2D eigenvalue weighted by Gasteiger charge is 2.45. The molecule has 2 aromatic carbocycles. The van der Waals surface area contributed by atoms with Gasteiger partial charge in [-0.05, 0) is 51.0 Å². The van der Waals surface area contributed by atoms with Crippen LogP contribution in [0.15, 0.2) is 48.8 Å². The molecule has 258 valence electrons. The molecule has 1 saturated heterocycles.